The van der Waals surface area contributed by atoms with Crippen LogP contribution in [0.1, 0.15) is 23.7 Å². The lowest BCUT2D eigenvalue weighted by Crippen LogP contribution is -2.35. The largest absolute Gasteiger partial charge is 0.368 e. The Kier molecular flexibility index (Phi) is 4.65. The fourth-order valence-corrected chi connectivity index (χ4v) is 2.41. The third-order valence-electron chi connectivity index (χ3n) is 3.81. The lowest BCUT2D eigenvalue weighted by molar-refractivity contribution is -0.118. The standard InChI is InChI=1S/C16H18N8O2/c1-2-11(14(18)26)22-16-19-7-10(13(17)25)15(23-16)21-9-3-4-12-8(5-9)6-20-24-12/h3-7,11H,2H2,1H3,(H2,17,25)(H2,18,26)(H,20,24)(H2,19,21,22,23). The Morgan fingerprint density at radius 2 is 2.08 bits per heavy atom. The Morgan fingerprint density at radius 3 is 2.77 bits per heavy atom. The van der Waals surface area contributed by atoms with E-state index in [1.165, 1.54) is 6.20 Å². The summed E-state index contributed by atoms with van der Waals surface area (Å²) < 4.78 is 0. The number of carbonyl (C=O) groups excluding carboxylic acids is 2. The number of hydrogen-bond donors (Lipinski definition) is 5. The van der Waals surface area contributed by atoms with Crippen molar-refractivity contribution in [3.63, 3.8) is 0 Å². The monoisotopic (exact) mass is 354 g/mol. The van der Waals surface area contributed by atoms with E-state index in [1.807, 2.05) is 12.1 Å². The van der Waals surface area contributed by atoms with Crippen molar-refractivity contribution in [2.75, 3.05) is 10.6 Å². The topological polar surface area (TPSA) is 165 Å². The van der Waals surface area contributed by atoms with Crippen LogP contribution < -0.4 is 22.1 Å². The third-order valence-corrected chi connectivity index (χ3v) is 3.81. The molecule has 134 valence electrons. The van der Waals surface area contributed by atoms with E-state index in [-0.39, 0.29) is 17.3 Å². The molecule has 1 atom stereocenters. The second-order valence-corrected chi connectivity index (χ2v) is 5.62. The van der Waals surface area contributed by atoms with E-state index in [9.17, 15) is 9.59 Å². The number of nitrogens with one attached hydrogen (secondary N) is 3. The molecule has 3 rings (SSSR count). The highest BCUT2D eigenvalue weighted by Gasteiger charge is 2.17. The van der Waals surface area contributed by atoms with Crippen LogP contribution in [0.25, 0.3) is 10.9 Å². The number of anilines is 3. The fraction of sp³-hybridized carbons (Fsp3) is 0.188. The van der Waals surface area contributed by atoms with Crippen LogP contribution in [-0.2, 0) is 4.79 Å². The molecule has 7 N–H and O–H groups in total. The second kappa shape index (κ2) is 7.05. The molecule has 26 heavy (non-hydrogen) atoms. The van der Waals surface area contributed by atoms with Gasteiger partial charge in [0.2, 0.25) is 11.9 Å². The first-order valence-electron chi connectivity index (χ1n) is 7.90. The number of benzene rings is 1. The van der Waals surface area contributed by atoms with Gasteiger partial charge in [-0.3, -0.25) is 14.7 Å². The van der Waals surface area contributed by atoms with Crippen LogP contribution in [0.4, 0.5) is 17.5 Å². The zero-order valence-corrected chi connectivity index (χ0v) is 14.0. The van der Waals surface area contributed by atoms with Crippen LogP contribution in [0.5, 0.6) is 0 Å². The summed E-state index contributed by atoms with van der Waals surface area (Å²) in [5, 5.41) is 13.6. The van der Waals surface area contributed by atoms with E-state index in [4.69, 9.17) is 11.5 Å². The number of nitrogens with two attached hydrogens (primary N) is 2. The van der Waals surface area contributed by atoms with Gasteiger partial charge in [-0.25, -0.2) is 4.98 Å². The van der Waals surface area contributed by atoms with Gasteiger partial charge < -0.3 is 22.1 Å². The molecule has 0 aliphatic carbocycles. The van der Waals surface area contributed by atoms with Gasteiger partial charge in [0, 0.05) is 17.3 Å². The summed E-state index contributed by atoms with van der Waals surface area (Å²) in [7, 11) is 0. The van der Waals surface area contributed by atoms with Gasteiger partial charge in [0.15, 0.2) is 0 Å². The van der Waals surface area contributed by atoms with E-state index < -0.39 is 17.9 Å². The molecule has 3 aromatic rings. The Bertz CT molecular complexity index is 968. The highest BCUT2D eigenvalue weighted by molar-refractivity contribution is 5.98. The van der Waals surface area contributed by atoms with E-state index in [1.54, 1.807) is 19.2 Å². The summed E-state index contributed by atoms with van der Waals surface area (Å²) in [6, 6.07) is 4.87. The van der Waals surface area contributed by atoms with Crippen molar-refractivity contribution in [2.45, 2.75) is 19.4 Å². The summed E-state index contributed by atoms with van der Waals surface area (Å²) in [4.78, 5) is 31.4. The molecular formula is C16H18N8O2. The molecule has 1 unspecified atom stereocenters. The van der Waals surface area contributed by atoms with Crippen molar-refractivity contribution in [1.82, 2.24) is 20.2 Å². The zero-order valence-electron chi connectivity index (χ0n) is 14.0. The number of rotatable bonds is 7. The molecule has 0 bridgehead atoms. The number of carbonyl (C=O) groups is 2. The van der Waals surface area contributed by atoms with Crippen molar-refractivity contribution in [1.29, 1.82) is 0 Å². The average Bonchev–Trinajstić information content (AvgIpc) is 3.07. The maximum Gasteiger partial charge on any atom is 0.254 e. The Hall–Kier alpha value is -3.69. The zero-order chi connectivity index (χ0) is 18.7. The highest BCUT2D eigenvalue weighted by atomic mass is 16.1. The molecule has 1 aromatic carbocycles. The van der Waals surface area contributed by atoms with Crippen molar-refractivity contribution in [3.05, 3.63) is 36.2 Å². The van der Waals surface area contributed by atoms with Crippen molar-refractivity contribution in [3.8, 4) is 0 Å². The van der Waals surface area contributed by atoms with Gasteiger partial charge in [0.1, 0.15) is 17.4 Å². The van der Waals surface area contributed by atoms with Gasteiger partial charge in [0.05, 0.1) is 11.7 Å². The number of primary amides is 2. The average molecular weight is 354 g/mol. The molecule has 10 nitrogen and oxygen atoms in total. The number of aromatic nitrogens is 4. The van der Waals surface area contributed by atoms with Crippen molar-refractivity contribution in [2.24, 2.45) is 11.5 Å². The second-order valence-electron chi connectivity index (χ2n) is 5.62. The molecule has 0 fully saturated rings. The quantitative estimate of drug-likeness (QED) is 0.420. The van der Waals surface area contributed by atoms with Gasteiger partial charge >= 0.3 is 0 Å². The fourth-order valence-electron chi connectivity index (χ4n) is 2.41. The van der Waals surface area contributed by atoms with Crippen LogP contribution >= 0.6 is 0 Å². The first-order valence-corrected chi connectivity index (χ1v) is 7.90. The van der Waals surface area contributed by atoms with Crippen LogP contribution in [0.15, 0.2) is 30.6 Å². The van der Waals surface area contributed by atoms with Crippen LogP contribution in [0, 0.1) is 0 Å². The van der Waals surface area contributed by atoms with Crippen LogP contribution in [0.2, 0.25) is 0 Å². The van der Waals surface area contributed by atoms with Gasteiger partial charge in [-0.05, 0) is 24.6 Å². The Labute approximate surface area is 148 Å². The van der Waals surface area contributed by atoms with Gasteiger partial charge in [0.25, 0.3) is 5.91 Å². The first kappa shape index (κ1) is 17.1. The number of nitrogens with zero attached hydrogens (tertiary/aromatic N) is 3. The van der Waals surface area contributed by atoms with Crippen LogP contribution in [0.3, 0.4) is 0 Å². The smallest absolute Gasteiger partial charge is 0.254 e. The molecular weight excluding hydrogens is 336 g/mol. The molecule has 0 aliphatic heterocycles. The molecule has 2 aromatic heterocycles. The van der Waals surface area contributed by atoms with E-state index >= 15 is 0 Å². The van der Waals surface area contributed by atoms with Crippen molar-refractivity contribution < 1.29 is 9.59 Å². The normalized spacial score (nSPS) is 11.9. The highest BCUT2D eigenvalue weighted by Crippen LogP contribution is 2.23. The molecule has 2 amide bonds. The van der Waals surface area contributed by atoms with Gasteiger partial charge in [-0.2, -0.15) is 10.1 Å². The maximum absolute atomic E-state index is 11.7. The number of H-pyrrole nitrogens is 1. The minimum absolute atomic E-state index is 0.120. The maximum atomic E-state index is 11.7. The van der Waals surface area contributed by atoms with E-state index in [0.29, 0.717) is 12.1 Å². The predicted octanol–water partition coefficient (Wildman–Crippen LogP) is 0.871. The number of aromatic amines is 1. The van der Waals surface area contributed by atoms with Crippen LogP contribution in [-0.4, -0.2) is 38.0 Å². The molecule has 0 spiro atoms. The van der Waals surface area contributed by atoms with E-state index in [2.05, 4.69) is 30.8 Å². The molecule has 0 saturated heterocycles. The lowest BCUT2D eigenvalue weighted by atomic mass is 10.2. The van der Waals surface area contributed by atoms with Gasteiger partial charge in [-0.15, -0.1) is 0 Å². The molecule has 0 saturated carbocycles. The van der Waals surface area contributed by atoms with Gasteiger partial charge in [-0.1, -0.05) is 6.92 Å². The third kappa shape index (κ3) is 3.53. The minimum atomic E-state index is -0.676. The molecule has 0 aliphatic rings. The lowest BCUT2D eigenvalue weighted by Gasteiger charge is -2.15. The summed E-state index contributed by atoms with van der Waals surface area (Å²) in [5.41, 5.74) is 12.4. The Balaban J connectivity index is 1.93. The molecule has 2 heterocycles. The summed E-state index contributed by atoms with van der Waals surface area (Å²) in [6.45, 7) is 1.81. The minimum Gasteiger partial charge on any atom is -0.368 e. The molecule has 0 radical (unpaired) electrons. The number of hydrogen-bond acceptors (Lipinski definition) is 7. The summed E-state index contributed by atoms with van der Waals surface area (Å²) in [6.07, 6.45) is 3.45. The molecule has 10 heteroatoms. The Morgan fingerprint density at radius 1 is 1.27 bits per heavy atom. The van der Waals surface area contributed by atoms with E-state index in [0.717, 1.165) is 10.9 Å². The summed E-state index contributed by atoms with van der Waals surface area (Å²) >= 11 is 0. The first-order chi connectivity index (χ1) is 12.5. The number of amides is 2. The predicted molar refractivity (Wildman–Crippen MR) is 96.8 cm³/mol. The summed E-state index contributed by atoms with van der Waals surface area (Å²) in [5.74, 6) is -0.815. The SMILES string of the molecule is CCC(Nc1ncc(C(N)=O)c(Nc2ccc3[nH]ncc3c2)n1)C(N)=O. The van der Waals surface area contributed by atoms with Crippen molar-refractivity contribution >= 4 is 40.2 Å². The number of fused-ring (bicyclic) bond motifs is 1.